The minimum absolute atomic E-state index is 0.204. The van der Waals surface area contributed by atoms with Gasteiger partial charge in [0.05, 0.1) is 5.52 Å². The molecule has 2 heterocycles. The first-order chi connectivity index (χ1) is 8.25. The van der Waals surface area contributed by atoms with Gasteiger partial charge < -0.3 is 9.88 Å². The topological polar surface area (TPSA) is 36.1 Å². The van der Waals surface area contributed by atoms with E-state index in [1.807, 2.05) is 6.07 Å². The molecule has 1 fully saturated rings. The molecule has 4 heteroatoms. The third-order valence-electron chi connectivity index (χ3n) is 3.26. The Hall–Kier alpha value is -1.84. The van der Waals surface area contributed by atoms with E-state index in [0.29, 0.717) is 11.2 Å². The summed E-state index contributed by atoms with van der Waals surface area (Å²) in [6, 6.07) is 6.61. The van der Waals surface area contributed by atoms with Gasteiger partial charge in [-0.15, -0.1) is 0 Å². The van der Waals surface area contributed by atoms with Crippen molar-refractivity contribution in [3.63, 3.8) is 0 Å². The third-order valence-corrected chi connectivity index (χ3v) is 3.26. The molecule has 1 saturated heterocycles. The van der Waals surface area contributed by atoms with E-state index in [2.05, 4.69) is 9.88 Å². The third kappa shape index (κ3) is 1.69. The second-order valence-corrected chi connectivity index (χ2v) is 4.38. The number of nitrogens with zero attached hydrogens (tertiary/aromatic N) is 1. The van der Waals surface area contributed by atoms with Gasteiger partial charge in [0, 0.05) is 18.5 Å². The predicted molar refractivity (Wildman–Crippen MR) is 66.0 cm³/mol. The number of aromatic nitrogens is 1. The summed E-state index contributed by atoms with van der Waals surface area (Å²) in [7, 11) is 0. The van der Waals surface area contributed by atoms with Crippen LogP contribution in [0, 0.1) is 5.82 Å². The van der Waals surface area contributed by atoms with E-state index in [1.165, 1.54) is 6.07 Å². The van der Waals surface area contributed by atoms with Crippen molar-refractivity contribution < 1.29 is 4.39 Å². The molecule has 0 spiro atoms. The quantitative estimate of drug-likeness (QED) is 0.818. The number of hydrogen-bond donors (Lipinski definition) is 1. The van der Waals surface area contributed by atoms with Crippen molar-refractivity contribution in [2.75, 3.05) is 18.0 Å². The summed E-state index contributed by atoms with van der Waals surface area (Å²) in [6.45, 7) is 1.81. The number of rotatable bonds is 1. The Morgan fingerprint density at radius 1 is 1.24 bits per heavy atom. The van der Waals surface area contributed by atoms with E-state index >= 15 is 0 Å². The molecule has 0 amide bonds. The zero-order valence-electron chi connectivity index (χ0n) is 9.37. The van der Waals surface area contributed by atoms with E-state index in [4.69, 9.17) is 0 Å². The monoisotopic (exact) mass is 232 g/mol. The van der Waals surface area contributed by atoms with E-state index in [-0.39, 0.29) is 11.4 Å². The molecule has 3 nitrogen and oxygen atoms in total. The van der Waals surface area contributed by atoms with Crippen LogP contribution in [0.4, 0.5) is 10.1 Å². The summed E-state index contributed by atoms with van der Waals surface area (Å²) in [5.74, 6) is -0.382. The fourth-order valence-corrected chi connectivity index (χ4v) is 2.38. The first kappa shape index (κ1) is 10.3. The summed E-state index contributed by atoms with van der Waals surface area (Å²) in [4.78, 5) is 16.6. The van der Waals surface area contributed by atoms with Crippen molar-refractivity contribution in [2.45, 2.75) is 12.8 Å². The maximum Gasteiger partial charge on any atom is 0.272 e. The van der Waals surface area contributed by atoms with Gasteiger partial charge in [-0.2, -0.15) is 0 Å². The Bertz CT molecular complexity index is 614. The summed E-state index contributed by atoms with van der Waals surface area (Å²) in [5.41, 5.74) is 0.741. The molecule has 1 aliphatic rings. The van der Waals surface area contributed by atoms with Crippen LogP contribution in [0.3, 0.4) is 0 Å². The van der Waals surface area contributed by atoms with Crippen LogP contribution in [0.15, 0.2) is 29.1 Å². The average Bonchev–Trinajstić information content (AvgIpc) is 2.83. The van der Waals surface area contributed by atoms with Crippen LogP contribution in [0.1, 0.15) is 12.8 Å². The van der Waals surface area contributed by atoms with Crippen LogP contribution in [0.2, 0.25) is 0 Å². The van der Waals surface area contributed by atoms with Crippen molar-refractivity contribution >= 4 is 16.6 Å². The Kier molecular flexibility index (Phi) is 2.35. The standard InChI is InChI=1S/C13H13FN2O/c14-10-5-3-4-9-8-11(13(17)15-12(9)10)16-6-1-2-7-16/h3-5,8H,1-2,6-7H2,(H,15,17). The van der Waals surface area contributed by atoms with Gasteiger partial charge in [-0.05, 0) is 25.0 Å². The molecule has 1 N–H and O–H groups in total. The SMILES string of the molecule is O=c1[nH]c2c(F)cccc2cc1N1CCCC1. The van der Waals surface area contributed by atoms with Crippen molar-refractivity contribution in [1.82, 2.24) is 4.98 Å². The lowest BCUT2D eigenvalue weighted by Gasteiger charge is -2.16. The smallest absolute Gasteiger partial charge is 0.272 e. The highest BCUT2D eigenvalue weighted by atomic mass is 19.1. The molecule has 88 valence electrons. The highest BCUT2D eigenvalue weighted by Gasteiger charge is 2.16. The molecular weight excluding hydrogens is 219 g/mol. The molecule has 1 aliphatic heterocycles. The van der Waals surface area contributed by atoms with E-state index in [9.17, 15) is 9.18 Å². The molecule has 1 aromatic heterocycles. The van der Waals surface area contributed by atoms with Crippen LogP contribution < -0.4 is 10.5 Å². The number of benzene rings is 1. The lowest BCUT2D eigenvalue weighted by Crippen LogP contribution is -2.25. The Morgan fingerprint density at radius 2 is 2.00 bits per heavy atom. The average molecular weight is 232 g/mol. The molecule has 0 atom stereocenters. The van der Waals surface area contributed by atoms with Gasteiger partial charge in [-0.25, -0.2) is 4.39 Å². The molecule has 0 bridgehead atoms. The molecule has 17 heavy (non-hydrogen) atoms. The zero-order valence-corrected chi connectivity index (χ0v) is 9.37. The summed E-state index contributed by atoms with van der Waals surface area (Å²) in [5, 5.41) is 0.742. The van der Waals surface area contributed by atoms with E-state index in [0.717, 1.165) is 31.3 Å². The van der Waals surface area contributed by atoms with Gasteiger partial charge in [0.1, 0.15) is 11.5 Å². The van der Waals surface area contributed by atoms with Gasteiger partial charge in [0.25, 0.3) is 5.56 Å². The van der Waals surface area contributed by atoms with Gasteiger partial charge in [-0.3, -0.25) is 4.79 Å². The highest BCUT2D eigenvalue weighted by Crippen LogP contribution is 2.21. The highest BCUT2D eigenvalue weighted by molar-refractivity contribution is 5.82. The molecular formula is C13H13FN2O. The fraction of sp³-hybridized carbons (Fsp3) is 0.308. The van der Waals surface area contributed by atoms with Crippen LogP contribution in [-0.2, 0) is 0 Å². The first-order valence-corrected chi connectivity index (χ1v) is 5.82. The lowest BCUT2D eigenvalue weighted by atomic mass is 10.2. The molecule has 3 rings (SSSR count). The van der Waals surface area contributed by atoms with E-state index < -0.39 is 0 Å². The van der Waals surface area contributed by atoms with Crippen molar-refractivity contribution in [2.24, 2.45) is 0 Å². The van der Waals surface area contributed by atoms with Crippen LogP contribution in [0.25, 0.3) is 10.9 Å². The van der Waals surface area contributed by atoms with Crippen molar-refractivity contribution in [1.29, 1.82) is 0 Å². The maximum atomic E-state index is 13.5. The summed E-state index contributed by atoms with van der Waals surface area (Å²) < 4.78 is 13.5. The molecule has 0 radical (unpaired) electrons. The molecule has 0 aliphatic carbocycles. The molecule has 1 aromatic carbocycles. The minimum Gasteiger partial charge on any atom is -0.367 e. The Labute approximate surface area is 97.9 Å². The van der Waals surface area contributed by atoms with Gasteiger partial charge in [-0.1, -0.05) is 12.1 Å². The minimum atomic E-state index is -0.382. The number of fused-ring (bicyclic) bond motifs is 1. The number of halogens is 1. The van der Waals surface area contributed by atoms with Gasteiger partial charge in [0.2, 0.25) is 0 Å². The number of anilines is 1. The zero-order chi connectivity index (χ0) is 11.8. The first-order valence-electron chi connectivity index (χ1n) is 5.82. The normalized spacial score (nSPS) is 15.7. The largest absolute Gasteiger partial charge is 0.367 e. The van der Waals surface area contributed by atoms with Crippen LogP contribution in [0.5, 0.6) is 0 Å². The number of hydrogen-bond acceptors (Lipinski definition) is 2. The molecule has 0 unspecified atom stereocenters. The summed E-state index contributed by atoms with van der Waals surface area (Å²) >= 11 is 0. The molecule has 0 saturated carbocycles. The second-order valence-electron chi connectivity index (χ2n) is 4.38. The van der Waals surface area contributed by atoms with Crippen molar-refractivity contribution in [3.05, 3.63) is 40.4 Å². The second kappa shape index (κ2) is 3.87. The van der Waals surface area contributed by atoms with E-state index in [1.54, 1.807) is 12.1 Å². The van der Waals surface area contributed by atoms with Gasteiger partial charge in [0.15, 0.2) is 0 Å². The maximum absolute atomic E-state index is 13.5. The van der Waals surface area contributed by atoms with Crippen molar-refractivity contribution in [3.8, 4) is 0 Å². The van der Waals surface area contributed by atoms with Crippen LogP contribution in [-0.4, -0.2) is 18.1 Å². The lowest BCUT2D eigenvalue weighted by molar-refractivity contribution is 0.636. The fourth-order valence-electron chi connectivity index (χ4n) is 2.38. The predicted octanol–water partition coefficient (Wildman–Crippen LogP) is 2.27. The number of H-pyrrole nitrogens is 1. The number of pyridine rings is 1. The Morgan fingerprint density at radius 3 is 2.76 bits per heavy atom. The summed E-state index contributed by atoms with van der Waals surface area (Å²) in [6.07, 6.45) is 2.22. The Balaban J connectivity index is 2.20. The molecule has 2 aromatic rings. The van der Waals surface area contributed by atoms with Crippen LogP contribution >= 0.6 is 0 Å². The number of aromatic amines is 1. The number of nitrogens with one attached hydrogen (secondary N) is 1. The number of para-hydroxylation sites is 1. The van der Waals surface area contributed by atoms with Gasteiger partial charge >= 0.3 is 0 Å².